The Morgan fingerprint density at radius 3 is 2.60 bits per heavy atom. The van der Waals surface area contributed by atoms with E-state index in [0.717, 1.165) is 44.2 Å². The van der Waals surface area contributed by atoms with Crippen LogP contribution in [0.4, 0.5) is 5.69 Å². The Morgan fingerprint density at radius 1 is 1.20 bits per heavy atom. The number of halogens is 2. The van der Waals surface area contributed by atoms with Gasteiger partial charge < -0.3 is 19.6 Å². The van der Waals surface area contributed by atoms with Crippen molar-refractivity contribution < 1.29 is 19.1 Å². The first-order chi connectivity index (χ1) is 12.0. The molecule has 3 N–H and O–H groups in total. The molecule has 1 aromatic carbocycles. The first-order valence-corrected chi connectivity index (χ1v) is 9.09. The number of anilines is 1. The van der Waals surface area contributed by atoms with Gasteiger partial charge in [0.05, 0.1) is 10.7 Å². The maximum atomic E-state index is 12.3. The molecule has 0 radical (unpaired) electrons. The quantitative estimate of drug-likeness (QED) is 0.690. The summed E-state index contributed by atoms with van der Waals surface area (Å²) >= 11 is 12.0. The number of hydrogen-bond donors (Lipinski definition) is 3. The lowest BCUT2D eigenvalue weighted by Gasteiger charge is -2.28. The molecule has 2 aromatic rings. The van der Waals surface area contributed by atoms with E-state index in [2.05, 4.69) is 10.5 Å². The average molecular weight is 385 g/mol. The number of carbonyl (C=O) groups excluding carboxylic acids is 1. The highest BCUT2D eigenvalue weighted by atomic mass is 35.5. The van der Waals surface area contributed by atoms with Crippen molar-refractivity contribution in [3.63, 3.8) is 0 Å². The van der Waals surface area contributed by atoms with Crippen molar-refractivity contribution in [2.45, 2.75) is 13.5 Å². The molecule has 8 heteroatoms. The van der Waals surface area contributed by atoms with Crippen LogP contribution in [-0.2, 0) is 11.3 Å². The second-order valence-electron chi connectivity index (χ2n) is 6.45. The van der Waals surface area contributed by atoms with Crippen LogP contribution in [0.1, 0.15) is 11.5 Å². The number of amides is 1. The molecule has 0 saturated carbocycles. The number of quaternary nitrogens is 2. The van der Waals surface area contributed by atoms with Crippen molar-refractivity contribution in [3.8, 4) is 0 Å². The summed E-state index contributed by atoms with van der Waals surface area (Å²) in [6.45, 7) is 7.11. The molecule has 1 aliphatic rings. The van der Waals surface area contributed by atoms with Crippen LogP contribution < -0.4 is 15.1 Å². The number of aryl methyl sites for hydroxylation is 1. The van der Waals surface area contributed by atoms with Crippen LogP contribution in [0.2, 0.25) is 10.0 Å². The van der Waals surface area contributed by atoms with Gasteiger partial charge in [-0.1, -0.05) is 28.4 Å². The number of rotatable bonds is 5. The smallest absolute Gasteiger partial charge is 0.279 e. The molecular weight excluding hydrogens is 363 g/mol. The second-order valence-corrected chi connectivity index (χ2v) is 7.30. The standard InChI is InChI=1S/C17H20Cl2N4O2/c1-12-8-14(21-25-12)10-22-4-6-23(7-5-22)11-17(24)20-16-9-13(18)2-3-15(16)19/h2-3,8-9H,4-7,10-11H2,1H3,(H,20,24)/p+2. The summed E-state index contributed by atoms with van der Waals surface area (Å²) in [5.41, 5.74) is 1.55. The molecule has 1 saturated heterocycles. The molecule has 2 heterocycles. The maximum Gasteiger partial charge on any atom is 0.279 e. The number of carbonyl (C=O) groups is 1. The SMILES string of the molecule is Cc1cc(C[NH+]2CC[NH+](CC(=O)Nc3cc(Cl)ccc3Cl)CC2)no1. The van der Waals surface area contributed by atoms with Gasteiger partial charge in [0.2, 0.25) is 0 Å². The highest BCUT2D eigenvalue weighted by molar-refractivity contribution is 6.35. The Balaban J connectivity index is 1.45. The lowest BCUT2D eigenvalue weighted by Crippen LogP contribution is -3.28. The molecular formula is C17H22Cl2N4O2+2. The molecule has 0 unspecified atom stereocenters. The van der Waals surface area contributed by atoms with Crippen LogP contribution in [0.5, 0.6) is 0 Å². The minimum atomic E-state index is -0.0465. The summed E-state index contributed by atoms with van der Waals surface area (Å²) in [7, 11) is 0. The largest absolute Gasteiger partial charge is 0.361 e. The summed E-state index contributed by atoms with van der Waals surface area (Å²) in [6, 6.07) is 7.02. The van der Waals surface area contributed by atoms with E-state index in [1.54, 1.807) is 18.2 Å². The van der Waals surface area contributed by atoms with Gasteiger partial charge in [-0.05, 0) is 25.1 Å². The van der Waals surface area contributed by atoms with Crippen molar-refractivity contribution in [2.75, 3.05) is 38.0 Å². The van der Waals surface area contributed by atoms with Crippen molar-refractivity contribution in [3.05, 3.63) is 45.8 Å². The predicted molar refractivity (Wildman–Crippen MR) is 96.3 cm³/mol. The van der Waals surface area contributed by atoms with Crippen LogP contribution in [0.25, 0.3) is 0 Å². The maximum absolute atomic E-state index is 12.3. The molecule has 25 heavy (non-hydrogen) atoms. The van der Waals surface area contributed by atoms with Crippen LogP contribution in [-0.4, -0.2) is 43.8 Å². The van der Waals surface area contributed by atoms with Crippen molar-refractivity contribution in [2.24, 2.45) is 0 Å². The summed E-state index contributed by atoms with van der Waals surface area (Å²) in [4.78, 5) is 15.0. The molecule has 1 aromatic heterocycles. The third kappa shape index (κ3) is 5.19. The zero-order chi connectivity index (χ0) is 17.8. The molecule has 134 valence electrons. The number of piperazine rings is 1. The molecule has 0 aliphatic carbocycles. The molecule has 1 aliphatic heterocycles. The third-order valence-corrected chi connectivity index (χ3v) is 4.95. The topological polar surface area (TPSA) is 64.0 Å². The Hall–Kier alpha value is -1.60. The zero-order valence-corrected chi connectivity index (χ0v) is 15.6. The van der Waals surface area contributed by atoms with Crippen LogP contribution in [0.3, 0.4) is 0 Å². The van der Waals surface area contributed by atoms with Gasteiger partial charge in [-0.25, -0.2) is 0 Å². The molecule has 1 amide bonds. The Morgan fingerprint density at radius 2 is 1.92 bits per heavy atom. The summed E-state index contributed by atoms with van der Waals surface area (Å²) in [5, 5.41) is 7.94. The van der Waals surface area contributed by atoms with Gasteiger partial charge in [0.25, 0.3) is 5.91 Å². The molecule has 3 rings (SSSR count). The van der Waals surface area contributed by atoms with E-state index in [1.165, 1.54) is 9.80 Å². The highest BCUT2D eigenvalue weighted by Crippen LogP contribution is 2.25. The lowest BCUT2D eigenvalue weighted by molar-refractivity contribution is -1.02. The molecule has 0 bridgehead atoms. The van der Waals surface area contributed by atoms with Gasteiger partial charge in [-0.15, -0.1) is 0 Å². The van der Waals surface area contributed by atoms with Crippen molar-refractivity contribution in [1.82, 2.24) is 5.16 Å². The van der Waals surface area contributed by atoms with E-state index in [9.17, 15) is 4.79 Å². The van der Waals surface area contributed by atoms with E-state index < -0.39 is 0 Å². The number of hydrogen-bond acceptors (Lipinski definition) is 3. The van der Waals surface area contributed by atoms with Crippen LogP contribution >= 0.6 is 23.2 Å². The minimum absolute atomic E-state index is 0.0465. The van der Waals surface area contributed by atoms with Crippen LogP contribution in [0.15, 0.2) is 28.8 Å². The molecule has 0 spiro atoms. The van der Waals surface area contributed by atoms with Gasteiger partial charge in [-0.3, -0.25) is 4.79 Å². The minimum Gasteiger partial charge on any atom is -0.361 e. The first-order valence-electron chi connectivity index (χ1n) is 8.34. The summed E-state index contributed by atoms with van der Waals surface area (Å²) in [6.07, 6.45) is 0. The van der Waals surface area contributed by atoms with Crippen molar-refractivity contribution in [1.29, 1.82) is 0 Å². The second kappa shape index (κ2) is 8.19. The fraction of sp³-hybridized carbons (Fsp3) is 0.412. The molecule has 1 fully saturated rings. The average Bonchev–Trinajstić information content (AvgIpc) is 2.98. The molecule has 0 atom stereocenters. The third-order valence-electron chi connectivity index (χ3n) is 4.39. The summed E-state index contributed by atoms with van der Waals surface area (Å²) < 4.78 is 5.11. The van der Waals surface area contributed by atoms with Gasteiger partial charge >= 0.3 is 0 Å². The number of nitrogens with one attached hydrogen (secondary N) is 3. The Bertz CT molecular complexity index is 742. The van der Waals surface area contributed by atoms with E-state index in [1.807, 2.05) is 13.0 Å². The zero-order valence-electron chi connectivity index (χ0n) is 14.1. The summed E-state index contributed by atoms with van der Waals surface area (Å²) in [5.74, 6) is 0.796. The fourth-order valence-electron chi connectivity index (χ4n) is 3.08. The van der Waals surface area contributed by atoms with Gasteiger partial charge in [0.1, 0.15) is 44.2 Å². The highest BCUT2D eigenvalue weighted by Gasteiger charge is 2.25. The van der Waals surface area contributed by atoms with E-state index in [-0.39, 0.29) is 5.91 Å². The number of benzene rings is 1. The lowest BCUT2D eigenvalue weighted by atomic mass is 10.2. The Kier molecular flexibility index (Phi) is 5.96. The monoisotopic (exact) mass is 384 g/mol. The van der Waals surface area contributed by atoms with E-state index in [0.29, 0.717) is 22.3 Å². The van der Waals surface area contributed by atoms with E-state index in [4.69, 9.17) is 27.7 Å². The van der Waals surface area contributed by atoms with E-state index >= 15 is 0 Å². The normalized spacial score (nSPS) is 20.4. The van der Waals surface area contributed by atoms with Crippen LogP contribution in [0, 0.1) is 6.92 Å². The number of aromatic nitrogens is 1. The van der Waals surface area contributed by atoms with Gasteiger partial charge in [-0.2, -0.15) is 0 Å². The Labute approximate surface area is 156 Å². The molecule has 6 nitrogen and oxygen atoms in total. The number of nitrogens with zero attached hydrogens (tertiary/aromatic N) is 1. The fourth-order valence-corrected chi connectivity index (χ4v) is 3.42. The van der Waals surface area contributed by atoms with Crippen molar-refractivity contribution >= 4 is 34.8 Å². The first kappa shape index (κ1) is 18.2. The van der Waals surface area contributed by atoms with Gasteiger partial charge in [0.15, 0.2) is 6.54 Å². The van der Waals surface area contributed by atoms with Gasteiger partial charge in [0, 0.05) is 11.1 Å². The predicted octanol–water partition coefficient (Wildman–Crippen LogP) is 0.212.